The maximum atomic E-state index is 13.6. The molecule has 214 valence electrons. The Balaban J connectivity index is 5.06. The molecule has 0 amide bonds. The topological polar surface area (TPSA) is 210 Å². The van der Waals surface area contributed by atoms with Crippen molar-refractivity contribution in [3.63, 3.8) is 0 Å². The van der Waals surface area contributed by atoms with Crippen molar-refractivity contribution in [1.82, 2.24) is 0 Å². The molecule has 16 heteroatoms. The number of methoxy groups -OCH3 is 8. The quantitative estimate of drug-likeness (QED) is 0.183. The summed E-state index contributed by atoms with van der Waals surface area (Å²) in [4.78, 5) is 107. The summed E-state index contributed by atoms with van der Waals surface area (Å²) in [6.45, 7) is 0. The van der Waals surface area contributed by atoms with E-state index in [4.69, 9.17) is 28.4 Å². The van der Waals surface area contributed by atoms with Crippen LogP contribution in [0, 0.1) is 17.3 Å². The van der Waals surface area contributed by atoms with E-state index >= 15 is 0 Å². The Kier molecular flexibility index (Phi) is 10.9. The van der Waals surface area contributed by atoms with Gasteiger partial charge >= 0.3 is 47.8 Å². The molecule has 0 saturated heterocycles. The average Bonchev–Trinajstić information content (AvgIpc) is 3.09. The van der Waals surface area contributed by atoms with E-state index < -0.39 is 87.3 Å². The predicted octanol–water partition coefficient (Wildman–Crippen LogP) is -1.80. The van der Waals surface area contributed by atoms with Crippen LogP contribution in [0.15, 0.2) is 22.3 Å². The zero-order valence-corrected chi connectivity index (χ0v) is 22.2. The lowest BCUT2D eigenvalue weighted by Gasteiger charge is -2.38. The first-order valence-electron chi connectivity index (χ1n) is 10.5. The Morgan fingerprint density at radius 3 is 0.923 bits per heavy atom. The van der Waals surface area contributed by atoms with Crippen LogP contribution in [0.2, 0.25) is 0 Å². The average molecular weight is 558 g/mol. The summed E-state index contributed by atoms with van der Waals surface area (Å²) >= 11 is 0. The highest BCUT2D eigenvalue weighted by Gasteiger charge is 2.71. The van der Waals surface area contributed by atoms with Crippen molar-refractivity contribution in [3.8, 4) is 0 Å². The summed E-state index contributed by atoms with van der Waals surface area (Å²) in [7, 11) is 6.13. The zero-order valence-electron chi connectivity index (χ0n) is 22.2. The predicted molar refractivity (Wildman–Crippen MR) is 120 cm³/mol. The lowest BCUT2D eigenvalue weighted by Crippen LogP contribution is -2.59. The number of esters is 8. The van der Waals surface area contributed by atoms with Gasteiger partial charge in [0.15, 0.2) is 5.41 Å². The van der Waals surface area contributed by atoms with Gasteiger partial charge in [0, 0.05) is 0 Å². The van der Waals surface area contributed by atoms with Crippen molar-refractivity contribution in [2.75, 3.05) is 56.9 Å². The molecule has 0 aliphatic heterocycles. The fraction of sp³-hybridized carbons (Fsp3) is 0.478. The Hall–Kier alpha value is -4.76. The highest BCUT2D eigenvalue weighted by atomic mass is 16.6. The molecule has 0 aromatic rings. The van der Waals surface area contributed by atoms with Gasteiger partial charge in [0.2, 0.25) is 0 Å². The standard InChI is InChI=1S/C23H26O16/c1-32-15(24)9-10(16(25)33-2)12(18(27)35-4)14(20(29)37-6)23(21(30)38-7,22(31)39-8)13(19(28)36-5)11(9)17(26)34-3/h13-14H,1-8H3. The van der Waals surface area contributed by atoms with Crippen molar-refractivity contribution in [1.29, 1.82) is 0 Å². The molecule has 2 unspecified atom stereocenters. The Bertz CT molecular complexity index is 1070. The van der Waals surface area contributed by atoms with E-state index in [0.29, 0.717) is 0 Å². The van der Waals surface area contributed by atoms with Crippen LogP contribution in [-0.2, 0) is 76.3 Å². The summed E-state index contributed by atoms with van der Waals surface area (Å²) in [6, 6.07) is 0. The minimum absolute atomic E-state index is 0.728. The van der Waals surface area contributed by atoms with Crippen LogP contribution in [0.4, 0.5) is 0 Å². The molecule has 39 heavy (non-hydrogen) atoms. The summed E-state index contributed by atoms with van der Waals surface area (Å²) in [5, 5.41) is 0. The van der Waals surface area contributed by atoms with E-state index in [1.807, 2.05) is 0 Å². The molecule has 0 bridgehead atoms. The van der Waals surface area contributed by atoms with E-state index in [9.17, 15) is 38.4 Å². The van der Waals surface area contributed by atoms with Gasteiger partial charge in [-0.1, -0.05) is 0 Å². The summed E-state index contributed by atoms with van der Waals surface area (Å²) in [5.74, 6) is -18.4. The van der Waals surface area contributed by atoms with Crippen LogP contribution in [-0.4, -0.2) is 105 Å². The number of rotatable bonds is 8. The maximum absolute atomic E-state index is 13.6. The van der Waals surface area contributed by atoms with Crippen LogP contribution in [0.1, 0.15) is 0 Å². The third-order valence-corrected chi connectivity index (χ3v) is 5.79. The smallest absolute Gasteiger partial charge is 0.339 e. The first-order valence-corrected chi connectivity index (χ1v) is 10.5. The van der Waals surface area contributed by atoms with Crippen molar-refractivity contribution >= 4 is 47.8 Å². The van der Waals surface area contributed by atoms with Gasteiger partial charge in [-0.05, 0) is 0 Å². The highest BCUT2D eigenvalue weighted by molar-refractivity contribution is 6.22. The molecule has 0 N–H and O–H groups in total. The molecule has 0 aromatic carbocycles. The number of carbonyl (C=O) groups is 8. The molecule has 0 fully saturated rings. The summed E-state index contributed by atoms with van der Waals surface area (Å²) < 4.78 is 37.7. The molecule has 16 nitrogen and oxygen atoms in total. The minimum atomic E-state index is -3.41. The Labute approximate surface area is 221 Å². The van der Waals surface area contributed by atoms with Gasteiger partial charge in [0.25, 0.3) is 0 Å². The third-order valence-electron chi connectivity index (χ3n) is 5.79. The summed E-state index contributed by atoms with van der Waals surface area (Å²) in [5.41, 5.74) is -8.25. The summed E-state index contributed by atoms with van der Waals surface area (Å²) in [6.07, 6.45) is 0. The van der Waals surface area contributed by atoms with Crippen molar-refractivity contribution in [2.24, 2.45) is 17.3 Å². The second-order valence-electron chi connectivity index (χ2n) is 7.31. The molecule has 0 saturated carbocycles. The van der Waals surface area contributed by atoms with Crippen LogP contribution in [0.3, 0.4) is 0 Å². The number of ether oxygens (including phenoxy) is 8. The van der Waals surface area contributed by atoms with Gasteiger partial charge in [-0.25, -0.2) is 19.2 Å². The largest absolute Gasteiger partial charge is 0.469 e. The lowest BCUT2D eigenvalue weighted by molar-refractivity contribution is -0.188. The normalized spacial score (nSPS) is 18.1. The first kappa shape index (κ1) is 32.3. The molecule has 0 heterocycles. The SMILES string of the molecule is COC(=O)C1=C(C(=O)OC)C(C(=O)OC)C(C(=O)OC)(C(=O)OC)C(C(=O)OC)C(C(=O)OC)=C1C(=O)OC. The molecule has 0 spiro atoms. The van der Waals surface area contributed by atoms with Crippen molar-refractivity contribution in [2.45, 2.75) is 0 Å². The second-order valence-corrected chi connectivity index (χ2v) is 7.31. The minimum Gasteiger partial charge on any atom is -0.469 e. The number of hydrogen-bond acceptors (Lipinski definition) is 16. The monoisotopic (exact) mass is 558 g/mol. The van der Waals surface area contributed by atoms with Gasteiger partial charge in [-0.3, -0.25) is 19.2 Å². The van der Waals surface area contributed by atoms with Gasteiger partial charge in [0.1, 0.15) is 11.8 Å². The Morgan fingerprint density at radius 1 is 0.436 bits per heavy atom. The second kappa shape index (κ2) is 13.2. The van der Waals surface area contributed by atoms with Gasteiger partial charge < -0.3 is 37.9 Å². The van der Waals surface area contributed by atoms with Crippen LogP contribution in [0.25, 0.3) is 0 Å². The van der Waals surface area contributed by atoms with Gasteiger partial charge in [0.05, 0.1) is 79.2 Å². The number of hydrogen-bond donors (Lipinski definition) is 0. The molecule has 0 aromatic heterocycles. The van der Waals surface area contributed by atoms with Crippen LogP contribution < -0.4 is 0 Å². The van der Waals surface area contributed by atoms with E-state index in [0.717, 1.165) is 56.9 Å². The number of carbonyl (C=O) groups excluding carboxylic acids is 8. The molecule has 1 rings (SSSR count). The fourth-order valence-corrected chi connectivity index (χ4v) is 4.20. The van der Waals surface area contributed by atoms with E-state index in [2.05, 4.69) is 9.47 Å². The molecule has 2 atom stereocenters. The third kappa shape index (κ3) is 5.17. The maximum Gasteiger partial charge on any atom is 0.339 e. The first-order chi connectivity index (χ1) is 18.4. The molecular weight excluding hydrogens is 532 g/mol. The highest BCUT2D eigenvalue weighted by Crippen LogP contribution is 2.52. The fourth-order valence-electron chi connectivity index (χ4n) is 4.20. The Morgan fingerprint density at radius 2 is 0.718 bits per heavy atom. The van der Waals surface area contributed by atoms with Gasteiger partial charge in [-0.2, -0.15) is 0 Å². The molecule has 0 radical (unpaired) electrons. The van der Waals surface area contributed by atoms with Crippen molar-refractivity contribution in [3.05, 3.63) is 22.3 Å². The lowest BCUT2D eigenvalue weighted by atomic mass is 9.62. The van der Waals surface area contributed by atoms with E-state index in [1.165, 1.54) is 0 Å². The molecule has 1 aliphatic rings. The molecular formula is C23H26O16. The van der Waals surface area contributed by atoms with Crippen molar-refractivity contribution < 1.29 is 76.3 Å². The van der Waals surface area contributed by atoms with E-state index in [1.54, 1.807) is 0 Å². The van der Waals surface area contributed by atoms with Crippen LogP contribution >= 0.6 is 0 Å². The van der Waals surface area contributed by atoms with Gasteiger partial charge in [-0.15, -0.1) is 0 Å². The molecule has 1 aliphatic carbocycles. The zero-order chi connectivity index (χ0) is 30.2. The van der Waals surface area contributed by atoms with E-state index in [-0.39, 0.29) is 0 Å². The van der Waals surface area contributed by atoms with Crippen LogP contribution in [0.5, 0.6) is 0 Å².